The van der Waals surface area contributed by atoms with Gasteiger partial charge in [0.15, 0.2) is 5.16 Å². The van der Waals surface area contributed by atoms with Crippen LogP contribution >= 0.6 is 23.4 Å². The molecule has 0 bridgehead atoms. The molecule has 0 aliphatic carbocycles. The van der Waals surface area contributed by atoms with E-state index >= 15 is 0 Å². The van der Waals surface area contributed by atoms with E-state index in [0.717, 1.165) is 17.8 Å². The van der Waals surface area contributed by atoms with Crippen molar-refractivity contribution in [1.29, 1.82) is 0 Å². The smallest absolute Gasteiger partial charge is 0.325 e. The summed E-state index contributed by atoms with van der Waals surface area (Å²) in [6, 6.07) is 14.5. The Morgan fingerprint density at radius 2 is 1.80 bits per heavy atom. The number of anilines is 1. The third-order valence-corrected chi connectivity index (χ3v) is 5.61. The number of halogens is 4. The van der Waals surface area contributed by atoms with Gasteiger partial charge in [0.1, 0.15) is 5.69 Å². The minimum atomic E-state index is -4.63. The fourth-order valence-corrected chi connectivity index (χ4v) is 3.53. The molecule has 0 radical (unpaired) electrons. The van der Waals surface area contributed by atoms with Crippen LogP contribution in [0.25, 0.3) is 11.3 Å². The minimum absolute atomic E-state index is 0.130. The summed E-state index contributed by atoms with van der Waals surface area (Å²) >= 11 is 6.91. The van der Waals surface area contributed by atoms with Gasteiger partial charge in [-0.3, -0.25) is 4.79 Å². The highest BCUT2D eigenvalue weighted by Crippen LogP contribution is 2.33. The van der Waals surface area contributed by atoms with Gasteiger partial charge in [0.05, 0.1) is 10.9 Å². The molecule has 3 aromatic rings. The molecule has 1 atom stereocenters. The van der Waals surface area contributed by atoms with Crippen LogP contribution in [0.3, 0.4) is 0 Å². The Balaban J connectivity index is 1.86. The molecule has 0 spiro atoms. The maximum Gasteiger partial charge on any atom is 0.433 e. The number of rotatable bonds is 5. The van der Waals surface area contributed by atoms with Crippen LogP contribution in [-0.4, -0.2) is 21.1 Å². The SMILES string of the molecule is Cc1c(Cl)cccc1NC(=O)[C@@H](C)Sc1nc(-c2ccccc2)cc(C(F)(F)F)n1. The van der Waals surface area contributed by atoms with Crippen molar-refractivity contribution in [2.24, 2.45) is 0 Å². The van der Waals surface area contributed by atoms with Crippen LogP contribution in [0.2, 0.25) is 5.02 Å². The Kier molecular flexibility index (Phi) is 6.67. The Labute approximate surface area is 180 Å². The highest BCUT2D eigenvalue weighted by atomic mass is 35.5. The molecule has 0 unspecified atom stereocenters. The van der Waals surface area contributed by atoms with Gasteiger partial charge in [-0.15, -0.1) is 0 Å². The van der Waals surface area contributed by atoms with Crippen LogP contribution in [0.5, 0.6) is 0 Å². The number of nitrogens with one attached hydrogen (secondary N) is 1. The van der Waals surface area contributed by atoms with Crippen molar-refractivity contribution in [3.63, 3.8) is 0 Å². The third-order valence-electron chi connectivity index (χ3n) is 4.24. The minimum Gasteiger partial charge on any atom is -0.325 e. The molecule has 0 aliphatic rings. The number of carbonyl (C=O) groups excluding carboxylic acids is 1. The van der Waals surface area contributed by atoms with E-state index in [0.29, 0.717) is 21.8 Å². The lowest BCUT2D eigenvalue weighted by molar-refractivity contribution is -0.141. The molecule has 0 saturated carbocycles. The molecule has 0 saturated heterocycles. The summed E-state index contributed by atoms with van der Waals surface area (Å²) < 4.78 is 40.0. The molecule has 0 fully saturated rings. The molecular formula is C21H17ClF3N3OS. The van der Waals surface area contributed by atoms with E-state index in [1.54, 1.807) is 62.4 Å². The maximum atomic E-state index is 13.3. The number of hydrogen-bond acceptors (Lipinski definition) is 4. The second-order valence-corrected chi connectivity index (χ2v) is 8.16. The standard InChI is InChI=1S/C21H17ClF3N3OS/c1-12-15(22)9-6-10-16(12)26-19(29)13(2)30-20-27-17(14-7-4-3-5-8-14)11-18(28-20)21(23,24)25/h3-11,13H,1-2H3,(H,26,29)/t13-/m1/s1. The van der Waals surface area contributed by atoms with E-state index in [9.17, 15) is 18.0 Å². The van der Waals surface area contributed by atoms with Crippen molar-refractivity contribution in [3.05, 3.63) is 70.9 Å². The second-order valence-electron chi connectivity index (χ2n) is 6.45. The van der Waals surface area contributed by atoms with Gasteiger partial charge in [-0.2, -0.15) is 13.2 Å². The van der Waals surface area contributed by atoms with Crippen molar-refractivity contribution < 1.29 is 18.0 Å². The molecule has 1 amide bonds. The first kappa shape index (κ1) is 22.1. The predicted molar refractivity (Wildman–Crippen MR) is 113 cm³/mol. The lowest BCUT2D eigenvalue weighted by atomic mass is 10.1. The molecule has 2 aromatic carbocycles. The summed E-state index contributed by atoms with van der Waals surface area (Å²) in [6.07, 6.45) is -4.63. The van der Waals surface area contributed by atoms with Gasteiger partial charge in [0, 0.05) is 16.3 Å². The molecule has 3 rings (SSSR count). The Morgan fingerprint density at radius 1 is 1.10 bits per heavy atom. The summed E-state index contributed by atoms with van der Waals surface area (Å²) in [6.45, 7) is 3.34. The summed E-state index contributed by atoms with van der Waals surface area (Å²) in [7, 11) is 0. The Hall–Kier alpha value is -2.58. The number of nitrogens with zero attached hydrogens (tertiary/aromatic N) is 2. The average molecular weight is 452 g/mol. The largest absolute Gasteiger partial charge is 0.433 e. The summed E-state index contributed by atoms with van der Waals surface area (Å²) in [5.74, 6) is -0.396. The molecule has 0 aliphatic heterocycles. The first-order valence-corrected chi connectivity index (χ1v) is 10.2. The molecule has 1 heterocycles. The summed E-state index contributed by atoms with van der Waals surface area (Å²) in [5.41, 5.74) is 0.844. The molecule has 9 heteroatoms. The molecule has 30 heavy (non-hydrogen) atoms. The predicted octanol–water partition coefficient (Wildman–Crippen LogP) is 6.24. The zero-order valence-corrected chi connectivity index (χ0v) is 17.6. The fraction of sp³-hybridized carbons (Fsp3) is 0.190. The van der Waals surface area contributed by atoms with Crippen molar-refractivity contribution in [2.75, 3.05) is 5.32 Å². The van der Waals surface area contributed by atoms with Crippen molar-refractivity contribution in [1.82, 2.24) is 9.97 Å². The molecule has 156 valence electrons. The Morgan fingerprint density at radius 3 is 2.47 bits per heavy atom. The normalized spacial score (nSPS) is 12.5. The van der Waals surface area contributed by atoms with Gasteiger partial charge >= 0.3 is 6.18 Å². The molecule has 1 aromatic heterocycles. The topological polar surface area (TPSA) is 54.9 Å². The summed E-state index contributed by atoms with van der Waals surface area (Å²) in [5, 5.41) is 2.37. The van der Waals surface area contributed by atoms with Crippen LogP contribution < -0.4 is 5.32 Å². The van der Waals surface area contributed by atoms with Crippen LogP contribution in [-0.2, 0) is 11.0 Å². The lowest BCUT2D eigenvalue weighted by Gasteiger charge is -2.15. The number of alkyl halides is 3. The van der Waals surface area contributed by atoms with Crippen molar-refractivity contribution in [2.45, 2.75) is 30.4 Å². The number of hydrogen-bond donors (Lipinski definition) is 1. The van der Waals surface area contributed by atoms with E-state index in [-0.39, 0.29) is 10.9 Å². The first-order chi connectivity index (χ1) is 14.1. The van der Waals surface area contributed by atoms with Crippen LogP contribution in [0.1, 0.15) is 18.2 Å². The van der Waals surface area contributed by atoms with Gasteiger partial charge in [-0.25, -0.2) is 9.97 Å². The van der Waals surface area contributed by atoms with E-state index in [4.69, 9.17) is 11.6 Å². The number of thioether (sulfide) groups is 1. The van der Waals surface area contributed by atoms with Gasteiger partial charge in [-0.05, 0) is 37.6 Å². The van der Waals surface area contributed by atoms with E-state index in [1.807, 2.05) is 0 Å². The van der Waals surface area contributed by atoms with E-state index in [2.05, 4.69) is 15.3 Å². The fourth-order valence-electron chi connectivity index (χ4n) is 2.57. The van der Waals surface area contributed by atoms with Gasteiger partial charge in [0.2, 0.25) is 5.91 Å². The van der Waals surface area contributed by atoms with Crippen LogP contribution in [0, 0.1) is 6.92 Å². The average Bonchev–Trinajstić information content (AvgIpc) is 2.71. The highest BCUT2D eigenvalue weighted by Gasteiger charge is 2.34. The second kappa shape index (κ2) is 9.06. The third kappa shape index (κ3) is 5.31. The van der Waals surface area contributed by atoms with Gasteiger partial charge < -0.3 is 5.32 Å². The molecular weight excluding hydrogens is 435 g/mol. The molecule has 4 nitrogen and oxygen atoms in total. The van der Waals surface area contributed by atoms with Crippen molar-refractivity contribution >= 4 is 35.0 Å². The quantitative estimate of drug-likeness (QED) is 0.368. The van der Waals surface area contributed by atoms with Crippen LogP contribution in [0.15, 0.2) is 59.8 Å². The zero-order chi connectivity index (χ0) is 21.9. The van der Waals surface area contributed by atoms with E-state index in [1.165, 1.54) is 0 Å². The Bertz CT molecular complexity index is 1060. The lowest BCUT2D eigenvalue weighted by Crippen LogP contribution is -2.23. The van der Waals surface area contributed by atoms with Crippen molar-refractivity contribution in [3.8, 4) is 11.3 Å². The number of benzene rings is 2. The van der Waals surface area contributed by atoms with Gasteiger partial charge in [-0.1, -0.05) is 59.8 Å². The highest BCUT2D eigenvalue weighted by molar-refractivity contribution is 8.00. The number of amides is 1. The summed E-state index contributed by atoms with van der Waals surface area (Å²) in [4.78, 5) is 20.4. The first-order valence-electron chi connectivity index (χ1n) is 8.89. The van der Waals surface area contributed by atoms with Gasteiger partial charge in [0.25, 0.3) is 0 Å². The monoisotopic (exact) mass is 451 g/mol. The molecule has 1 N–H and O–H groups in total. The zero-order valence-electron chi connectivity index (χ0n) is 16.0. The van der Waals surface area contributed by atoms with E-state index < -0.39 is 23.0 Å². The maximum absolute atomic E-state index is 13.3. The van der Waals surface area contributed by atoms with Crippen LogP contribution in [0.4, 0.5) is 18.9 Å². The number of carbonyl (C=O) groups is 1. The number of aromatic nitrogens is 2.